The summed E-state index contributed by atoms with van der Waals surface area (Å²) >= 11 is 1.45. The number of anilines is 1. The molecule has 0 spiro atoms. The van der Waals surface area contributed by atoms with Gasteiger partial charge in [-0.15, -0.1) is 11.3 Å². The molecule has 1 aromatic heterocycles. The van der Waals surface area contributed by atoms with E-state index in [0.29, 0.717) is 29.8 Å². The molecule has 5 nitrogen and oxygen atoms in total. The molecule has 0 unspecified atom stereocenters. The Balaban J connectivity index is 1.99. The number of ether oxygens (including phenoxy) is 1. The van der Waals surface area contributed by atoms with E-state index in [1.54, 1.807) is 6.92 Å². The number of aryl methyl sites for hydroxylation is 1. The lowest BCUT2D eigenvalue weighted by atomic mass is 9.94. The summed E-state index contributed by atoms with van der Waals surface area (Å²) in [5.74, 6) is -0.442. The van der Waals surface area contributed by atoms with Crippen LogP contribution in [0.1, 0.15) is 61.2 Å². The molecule has 1 aromatic rings. The van der Waals surface area contributed by atoms with Gasteiger partial charge in [-0.25, -0.2) is 4.79 Å². The van der Waals surface area contributed by atoms with Crippen LogP contribution in [0.3, 0.4) is 0 Å². The average Bonchev–Trinajstić information content (AvgIpc) is 2.98. The first-order chi connectivity index (χ1) is 11.5. The van der Waals surface area contributed by atoms with E-state index in [1.165, 1.54) is 30.6 Å². The van der Waals surface area contributed by atoms with Crippen LogP contribution in [0.2, 0.25) is 0 Å². The third-order valence-corrected chi connectivity index (χ3v) is 5.67. The highest BCUT2D eigenvalue weighted by molar-refractivity contribution is 7.16. The van der Waals surface area contributed by atoms with Gasteiger partial charge in [0, 0.05) is 10.9 Å². The predicted molar refractivity (Wildman–Crippen MR) is 97.8 cm³/mol. The molecule has 0 bridgehead atoms. The van der Waals surface area contributed by atoms with E-state index in [1.807, 2.05) is 20.0 Å². The summed E-state index contributed by atoms with van der Waals surface area (Å²) in [5.41, 5.74) is 0.465. The minimum Gasteiger partial charge on any atom is -0.462 e. The van der Waals surface area contributed by atoms with Crippen LogP contribution in [0, 0.1) is 0 Å². The summed E-state index contributed by atoms with van der Waals surface area (Å²) in [4.78, 5) is 27.7. The zero-order valence-electron chi connectivity index (χ0n) is 14.9. The van der Waals surface area contributed by atoms with Crippen molar-refractivity contribution in [2.24, 2.45) is 0 Å². The number of esters is 1. The number of nitrogens with one attached hydrogen (secondary N) is 1. The van der Waals surface area contributed by atoms with E-state index in [9.17, 15) is 9.59 Å². The Labute approximate surface area is 148 Å². The zero-order chi connectivity index (χ0) is 17.5. The average molecular weight is 353 g/mol. The van der Waals surface area contributed by atoms with Crippen LogP contribution in [0.15, 0.2) is 6.07 Å². The number of hydrogen-bond donors (Lipinski definition) is 1. The van der Waals surface area contributed by atoms with Gasteiger partial charge in [-0.1, -0.05) is 26.2 Å². The summed E-state index contributed by atoms with van der Waals surface area (Å²) in [6.45, 7) is 4.49. The Kier molecular flexibility index (Phi) is 7.24. The molecule has 0 aromatic carbocycles. The Bertz CT molecular complexity index is 565. The number of rotatable bonds is 7. The number of amides is 1. The third kappa shape index (κ3) is 5.05. The van der Waals surface area contributed by atoms with Crippen LogP contribution in [-0.4, -0.2) is 43.0 Å². The zero-order valence-corrected chi connectivity index (χ0v) is 15.7. The second kappa shape index (κ2) is 9.18. The van der Waals surface area contributed by atoms with Crippen molar-refractivity contribution in [3.63, 3.8) is 0 Å². The normalized spacial score (nSPS) is 15.5. The number of carbonyl (C=O) groups is 2. The molecule has 134 valence electrons. The Morgan fingerprint density at radius 3 is 2.62 bits per heavy atom. The molecule has 1 fully saturated rings. The number of nitrogens with zero attached hydrogens (tertiary/aromatic N) is 1. The van der Waals surface area contributed by atoms with Gasteiger partial charge in [-0.3, -0.25) is 9.69 Å². The minimum atomic E-state index is -0.371. The van der Waals surface area contributed by atoms with Crippen molar-refractivity contribution in [3.05, 3.63) is 16.5 Å². The van der Waals surface area contributed by atoms with E-state index in [4.69, 9.17) is 4.74 Å². The number of hydrogen-bond acceptors (Lipinski definition) is 5. The maximum atomic E-state index is 12.4. The molecule has 1 aliphatic rings. The van der Waals surface area contributed by atoms with Gasteiger partial charge in [0.15, 0.2) is 0 Å². The molecule has 1 aliphatic carbocycles. The quantitative estimate of drug-likeness (QED) is 0.760. The van der Waals surface area contributed by atoms with Crippen molar-refractivity contribution in [2.45, 2.75) is 58.4 Å². The van der Waals surface area contributed by atoms with Crippen LogP contribution in [0.4, 0.5) is 5.00 Å². The van der Waals surface area contributed by atoms with E-state index < -0.39 is 0 Å². The van der Waals surface area contributed by atoms with Gasteiger partial charge in [-0.05, 0) is 39.3 Å². The lowest BCUT2D eigenvalue weighted by Gasteiger charge is -2.30. The van der Waals surface area contributed by atoms with Crippen molar-refractivity contribution in [3.8, 4) is 0 Å². The molecule has 1 N–H and O–H groups in total. The van der Waals surface area contributed by atoms with Crippen molar-refractivity contribution in [2.75, 3.05) is 25.5 Å². The SMILES string of the molecule is CCOC(=O)c1cc(CC)sc1NC(=O)CN(C)C1CCCCC1. The topological polar surface area (TPSA) is 58.6 Å². The summed E-state index contributed by atoms with van der Waals surface area (Å²) in [6.07, 6.45) is 6.94. The van der Waals surface area contributed by atoms with Crippen molar-refractivity contribution in [1.29, 1.82) is 0 Å². The Morgan fingerprint density at radius 2 is 2.00 bits per heavy atom. The van der Waals surface area contributed by atoms with Gasteiger partial charge in [0.1, 0.15) is 5.00 Å². The standard InChI is InChI=1S/C18H28N2O3S/c1-4-14-11-15(18(22)23-5-2)17(24-14)19-16(21)12-20(3)13-9-7-6-8-10-13/h11,13H,4-10,12H2,1-3H3,(H,19,21). The van der Waals surface area contributed by atoms with E-state index in [2.05, 4.69) is 10.2 Å². The monoisotopic (exact) mass is 352 g/mol. The molecule has 24 heavy (non-hydrogen) atoms. The Morgan fingerprint density at radius 1 is 1.29 bits per heavy atom. The number of carbonyl (C=O) groups excluding carboxylic acids is 2. The molecule has 0 aliphatic heterocycles. The molecule has 0 atom stereocenters. The maximum Gasteiger partial charge on any atom is 0.341 e. The van der Waals surface area contributed by atoms with Gasteiger partial charge in [0.05, 0.1) is 18.7 Å². The second-order valence-electron chi connectivity index (χ2n) is 6.28. The first kappa shape index (κ1) is 18.9. The fourth-order valence-electron chi connectivity index (χ4n) is 3.11. The van der Waals surface area contributed by atoms with Crippen molar-refractivity contribution < 1.29 is 14.3 Å². The minimum absolute atomic E-state index is 0.0712. The van der Waals surface area contributed by atoms with Crippen LogP contribution < -0.4 is 5.32 Å². The highest BCUT2D eigenvalue weighted by Gasteiger charge is 2.22. The smallest absolute Gasteiger partial charge is 0.341 e. The highest BCUT2D eigenvalue weighted by atomic mass is 32.1. The van der Waals surface area contributed by atoms with E-state index in [-0.39, 0.29) is 11.9 Å². The van der Waals surface area contributed by atoms with Crippen LogP contribution in [0.25, 0.3) is 0 Å². The lowest BCUT2D eigenvalue weighted by molar-refractivity contribution is -0.117. The van der Waals surface area contributed by atoms with Crippen LogP contribution in [0.5, 0.6) is 0 Å². The van der Waals surface area contributed by atoms with Crippen molar-refractivity contribution >= 4 is 28.2 Å². The number of likely N-dealkylation sites (N-methyl/N-ethyl adjacent to an activating group) is 1. The highest BCUT2D eigenvalue weighted by Crippen LogP contribution is 2.29. The maximum absolute atomic E-state index is 12.4. The molecule has 0 saturated heterocycles. The number of thiophene rings is 1. The molecule has 1 heterocycles. The van der Waals surface area contributed by atoms with Crippen molar-refractivity contribution in [1.82, 2.24) is 4.90 Å². The molecule has 1 saturated carbocycles. The second-order valence-corrected chi connectivity index (χ2v) is 7.42. The van der Waals surface area contributed by atoms with E-state index >= 15 is 0 Å². The molecule has 0 radical (unpaired) electrons. The Hall–Kier alpha value is -1.40. The molecule has 1 amide bonds. The largest absolute Gasteiger partial charge is 0.462 e. The predicted octanol–water partition coefficient (Wildman–Crippen LogP) is 3.69. The summed E-state index contributed by atoms with van der Waals surface area (Å²) < 4.78 is 5.09. The van der Waals surface area contributed by atoms with Crippen LogP contribution in [-0.2, 0) is 16.0 Å². The summed E-state index contributed by atoms with van der Waals surface area (Å²) in [7, 11) is 2.01. The lowest BCUT2D eigenvalue weighted by Crippen LogP contribution is -2.39. The van der Waals surface area contributed by atoms with Gasteiger partial charge < -0.3 is 10.1 Å². The third-order valence-electron chi connectivity index (χ3n) is 4.47. The first-order valence-corrected chi connectivity index (χ1v) is 9.66. The molecular formula is C18H28N2O3S. The van der Waals surface area contributed by atoms with E-state index in [0.717, 1.165) is 24.1 Å². The molecular weight excluding hydrogens is 324 g/mol. The summed E-state index contributed by atoms with van der Waals surface area (Å²) in [6, 6.07) is 2.31. The van der Waals surface area contributed by atoms with Gasteiger partial charge in [0.2, 0.25) is 5.91 Å². The fourth-order valence-corrected chi connectivity index (χ4v) is 4.11. The first-order valence-electron chi connectivity index (χ1n) is 8.85. The summed E-state index contributed by atoms with van der Waals surface area (Å²) in [5, 5.41) is 3.52. The van der Waals surface area contributed by atoms with Gasteiger partial charge >= 0.3 is 5.97 Å². The molecule has 6 heteroatoms. The van der Waals surface area contributed by atoms with Crippen LogP contribution >= 0.6 is 11.3 Å². The van der Waals surface area contributed by atoms with Gasteiger partial charge in [0.25, 0.3) is 0 Å². The van der Waals surface area contributed by atoms with Gasteiger partial charge in [-0.2, -0.15) is 0 Å². The fraction of sp³-hybridized carbons (Fsp3) is 0.667. The molecule has 2 rings (SSSR count).